The van der Waals surface area contributed by atoms with Gasteiger partial charge in [-0.15, -0.1) is 0 Å². The second-order valence-electron chi connectivity index (χ2n) is 7.22. The average molecular weight is 405 g/mol. The molecule has 1 amide bonds. The lowest BCUT2D eigenvalue weighted by atomic mass is 10.1. The van der Waals surface area contributed by atoms with Crippen molar-refractivity contribution in [1.82, 2.24) is 9.78 Å². The van der Waals surface area contributed by atoms with Crippen molar-refractivity contribution in [3.63, 3.8) is 0 Å². The fourth-order valence-electron chi connectivity index (χ4n) is 3.53. The van der Waals surface area contributed by atoms with Gasteiger partial charge in [0.1, 0.15) is 17.6 Å². The first-order chi connectivity index (χ1) is 14.5. The number of aryl methyl sites for hydroxylation is 1. The van der Waals surface area contributed by atoms with Gasteiger partial charge < -0.3 is 14.8 Å². The highest BCUT2D eigenvalue weighted by Gasteiger charge is 2.24. The van der Waals surface area contributed by atoms with Crippen LogP contribution in [0.1, 0.15) is 35.6 Å². The van der Waals surface area contributed by atoms with E-state index in [1.54, 1.807) is 17.7 Å². The first-order valence-electron chi connectivity index (χ1n) is 9.90. The molecule has 0 unspecified atom stereocenters. The maximum atomic E-state index is 13.0. The van der Waals surface area contributed by atoms with Gasteiger partial charge in [-0.25, -0.2) is 4.68 Å². The lowest BCUT2D eigenvalue weighted by Gasteiger charge is -2.14. The minimum absolute atomic E-state index is 0.0669. The summed E-state index contributed by atoms with van der Waals surface area (Å²) in [6, 6.07) is 14.4. The Morgan fingerprint density at radius 3 is 2.77 bits per heavy atom. The predicted molar refractivity (Wildman–Crippen MR) is 114 cm³/mol. The number of amides is 1. The summed E-state index contributed by atoms with van der Waals surface area (Å²) < 4.78 is 13.1. The summed E-state index contributed by atoms with van der Waals surface area (Å²) in [5.41, 5.74) is 2.24. The highest BCUT2D eigenvalue weighted by atomic mass is 16.5. The molecule has 2 heterocycles. The van der Waals surface area contributed by atoms with Crippen molar-refractivity contribution in [2.75, 3.05) is 11.9 Å². The third kappa shape index (κ3) is 3.78. The topological polar surface area (TPSA) is 82.5 Å². The van der Waals surface area contributed by atoms with Crippen molar-refractivity contribution in [1.29, 1.82) is 0 Å². The molecule has 7 heteroatoms. The molecule has 154 valence electrons. The fourth-order valence-corrected chi connectivity index (χ4v) is 3.53. The number of anilines is 1. The normalized spacial score (nSPS) is 14.7. The molecule has 0 saturated heterocycles. The molecule has 7 nitrogen and oxygen atoms in total. The number of aromatic nitrogens is 2. The van der Waals surface area contributed by atoms with E-state index in [9.17, 15) is 9.59 Å². The van der Waals surface area contributed by atoms with Gasteiger partial charge in [-0.05, 0) is 39.0 Å². The number of para-hydroxylation sites is 1. The lowest BCUT2D eigenvalue weighted by Crippen LogP contribution is -2.27. The van der Waals surface area contributed by atoms with E-state index in [1.165, 1.54) is 6.07 Å². The van der Waals surface area contributed by atoms with Crippen molar-refractivity contribution in [3.05, 3.63) is 75.7 Å². The van der Waals surface area contributed by atoms with Crippen molar-refractivity contribution in [2.45, 2.75) is 33.3 Å². The Bertz CT molecular complexity index is 1160. The van der Waals surface area contributed by atoms with E-state index in [0.717, 1.165) is 17.7 Å². The van der Waals surface area contributed by atoms with Crippen LogP contribution in [0.25, 0.3) is 5.69 Å². The van der Waals surface area contributed by atoms with Crippen LogP contribution in [0.2, 0.25) is 0 Å². The Labute approximate surface area is 174 Å². The Hall–Kier alpha value is -3.61. The molecular weight excluding hydrogens is 382 g/mol. The molecule has 0 fully saturated rings. The van der Waals surface area contributed by atoms with Gasteiger partial charge in [0.15, 0.2) is 5.69 Å². The van der Waals surface area contributed by atoms with Gasteiger partial charge >= 0.3 is 0 Å². The molecule has 0 aliphatic carbocycles. The standard InChI is InChI=1S/C23H23N3O4/c1-4-29-21-12-16-11-15(3)30-20(16)13-18(21)24-23(28)22-19(27)10-14(2)26(25-22)17-8-6-5-7-9-17/h5-10,12-13,15H,4,11H2,1-3H3,(H,24,28)/t15-/m1/s1. The maximum Gasteiger partial charge on any atom is 0.280 e. The number of hydrogen-bond acceptors (Lipinski definition) is 5. The summed E-state index contributed by atoms with van der Waals surface area (Å²) in [6.07, 6.45) is 0.850. The number of nitrogens with zero attached hydrogens (tertiary/aromatic N) is 2. The van der Waals surface area contributed by atoms with Gasteiger partial charge in [-0.1, -0.05) is 18.2 Å². The number of rotatable bonds is 5. The second-order valence-corrected chi connectivity index (χ2v) is 7.22. The van der Waals surface area contributed by atoms with E-state index in [1.807, 2.05) is 50.2 Å². The van der Waals surface area contributed by atoms with Crippen LogP contribution >= 0.6 is 0 Å². The Balaban J connectivity index is 1.70. The van der Waals surface area contributed by atoms with Gasteiger partial charge in [-0.3, -0.25) is 9.59 Å². The molecule has 1 N–H and O–H groups in total. The SMILES string of the molecule is CCOc1cc2c(cc1NC(=O)c1nn(-c3ccccc3)c(C)cc1=O)O[C@H](C)C2. The number of carbonyl (C=O) groups excluding carboxylic acids is 1. The van der Waals surface area contributed by atoms with Gasteiger partial charge in [0, 0.05) is 29.8 Å². The molecule has 1 aromatic heterocycles. The molecule has 0 saturated carbocycles. The summed E-state index contributed by atoms with van der Waals surface area (Å²) in [4.78, 5) is 25.5. The highest BCUT2D eigenvalue weighted by Crippen LogP contribution is 2.38. The van der Waals surface area contributed by atoms with Crippen molar-refractivity contribution < 1.29 is 14.3 Å². The Morgan fingerprint density at radius 1 is 1.27 bits per heavy atom. The van der Waals surface area contributed by atoms with Crippen LogP contribution in [0.4, 0.5) is 5.69 Å². The number of fused-ring (bicyclic) bond motifs is 1. The fraction of sp³-hybridized carbons (Fsp3) is 0.261. The predicted octanol–water partition coefficient (Wildman–Crippen LogP) is 3.52. The third-order valence-electron chi connectivity index (χ3n) is 4.87. The monoisotopic (exact) mass is 405 g/mol. The smallest absolute Gasteiger partial charge is 0.280 e. The molecule has 2 aromatic carbocycles. The molecule has 0 radical (unpaired) electrons. The lowest BCUT2D eigenvalue weighted by molar-refractivity contribution is 0.101. The zero-order valence-corrected chi connectivity index (χ0v) is 17.1. The van der Waals surface area contributed by atoms with Crippen LogP contribution in [0.5, 0.6) is 11.5 Å². The van der Waals surface area contributed by atoms with Gasteiger partial charge in [0.2, 0.25) is 5.43 Å². The van der Waals surface area contributed by atoms with E-state index in [4.69, 9.17) is 9.47 Å². The minimum atomic E-state index is -0.600. The summed E-state index contributed by atoms with van der Waals surface area (Å²) >= 11 is 0. The number of nitrogens with one attached hydrogen (secondary N) is 1. The number of carbonyl (C=O) groups is 1. The van der Waals surface area contributed by atoms with Gasteiger partial charge in [-0.2, -0.15) is 5.10 Å². The Kier molecular flexibility index (Phi) is 5.27. The summed E-state index contributed by atoms with van der Waals surface area (Å²) in [5.74, 6) is 0.647. The first-order valence-corrected chi connectivity index (χ1v) is 9.90. The van der Waals surface area contributed by atoms with Crippen molar-refractivity contribution >= 4 is 11.6 Å². The minimum Gasteiger partial charge on any atom is -0.492 e. The molecule has 4 rings (SSSR count). The van der Waals surface area contributed by atoms with Gasteiger partial charge in [0.05, 0.1) is 18.0 Å². The van der Waals surface area contributed by atoms with Crippen LogP contribution in [0.3, 0.4) is 0 Å². The largest absolute Gasteiger partial charge is 0.492 e. The van der Waals surface area contributed by atoms with Crippen LogP contribution in [-0.4, -0.2) is 28.4 Å². The van der Waals surface area contributed by atoms with Crippen LogP contribution in [-0.2, 0) is 6.42 Å². The summed E-state index contributed by atoms with van der Waals surface area (Å²) in [7, 11) is 0. The van der Waals surface area contributed by atoms with Crippen LogP contribution in [0.15, 0.2) is 53.3 Å². The second kappa shape index (κ2) is 8.02. The molecule has 3 aromatic rings. The highest BCUT2D eigenvalue weighted by molar-refractivity contribution is 6.03. The van der Waals surface area contributed by atoms with Crippen molar-refractivity contribution in [2.24, 2.45) is 0 Å². The number of ether oxygens (including phenoxy) is 2. The average Bonchev–Trinajstić information content (AvgIpc) is 3.08. The Morgan fingerprint density at radius 2 is 2.03 bits per heavy atom. The van der Waals surface area contributed by atoms with Crippen LogP contribution in [0, 0.1) is 6.92 Å². The van der Waals surface area contributed by atoms with E-state index in [-0.39, 0.29) is 11.8 Å². The number of benzene rings is 2. The zero-order valence-electron chi connectivity index (χ0n) is 17.1. The molecule has 1 atom stereocenters. The van der Waals surface area contributed by atoms with E-state index < -0.39 is 11.3 Å². The zero-order chi connectivity index (χ0) is 21.3. The van der Waals surface area contributed by atoms with Gasteiger partial charge in [0.25, 0.3) is 5.91 Å². The molecule has 0 bridgehead atoms. The first kappa shape index (κ1) is 19.7. The molecular formula is C23H23N3O4. The number of hydrogen-bond donors (Lipinski definition) is 1. The maximum absolute atomic E-state index is 13.0. The quantitative estimate of drug-likeness (QED) is 0.702. The van der Waals surface area contributed by atoms with E-state index in [2.05, 4.69) is 10.4 Å². The van der Waals surface area contributed by atoms with Crippen LogP contribution < -0.4 is 20.2 Å². The summed E-state index contributed by atoms with van der Waals surface area (Å²) in [5, 5.41) is 7.09. The van der Waals surface area contributed by atoms with E-state index >= 15 is 0 Å². The third-order valence-corrected chi connectivity index (χ3v) is 4.87. The molecule has 30 heavy (non-hydrogen) atoms. The molecule has 1 aliphatic heterocycles. The molecule has 1 aliphatic rings. The van der Waals surface area contributed by atoms with E-state index in [0.29, 0.717) is 29.5 Å². The summed E-state index contributed by atoms with van der Waals surface area (Å²) in [6.45, 7) is 6.08. The van der Waals surface area contributed by atoms with Crippen molar-refractivity contribution in [3.8, 4) is 17.2 Å². The molecule has 0 spiro atoms.